The number of allylic oxidation sites excluding steroid dienone is 4. The van der Waals surface area contributed by atoms with Crippen molar-refractivity contribution in [2.24, 2.45) is 16.7 Å². The van der Waals surface area contributed by atoms with Gasteiger partial charge in [0.05, 0.1) is 0 Å². The van der Waals surface area contributed by atoms with Gasteiger partial charge in [-0.2, -0.15) is 0 Å². The fraction of sp³-hybridized carbons (Fsp3) is 0.562. The molecular weight excluding hydrogens is 208 g/mol. The Morgan fingerprint density at radius 1 is 1.59 bits per heavy atom. The number of hydrogen-bond donors (Lipinski definition) is 0. The van der Waals surface area contributed by atoms with E-state index in [9.17, 15) is 4.79 Å². The molecule has 0 aromatic rings. The molecule has 2 rings (SSSR count). The lowest BCUT2D eigenvalue weighted by molar-refractivity contribution is -0.126. The van der Waals surface area contributed by atoms with Crippen LogP contribution in [0.25, 0.3) is 0 Å². The van der Waals surface area contributed by atoms with Crippen molar-refractivity contribution in [3.05, 3.63) is 37.0 Å². The first-order valence-electron chi connectivity index (χ1n) is 6.50. The summed E-state index contributed by atoms with van der Waals surface area (Å²) in [5.41, 5.74) is 1.25. The molecule has 1 fully saturated rings. The zero-order valence-electron chi connectivity index (χ0n) is 11.0. The SMILES string of the molecule is C=CC[C@]12C=CC(=O)[C@H](C)[C@@]1(C)CCCC2=C. The first-order valence-corrected chi connectivity index (χ1v) is 6.50. The van der Waals surface area contributed by atoms with Gasteiger partial charge in [-0.1, -0.05) is 38.2 Å². The Morgan fingerprint density at radius 2 is 2.29 bits per heavy atom. The maximum atomic E-state index is 12.0. The molecule has 0 amide bonds. The van der Waals surface area contributed by atoms with Crippen molar-refractivity contribution in [3.63, 3.8) is 0 Å². The molecule has 3 atom stereocenters. The number of ketones is 1. The van der Waals surface area contributed by atoms with Crippen LogP contribution in [0, 0.1) is 16.7 Å². The minimum atomic E-state index is -0.0413. The zero-order chi connectivity index (χ0) is 12.7. The quantitative estimate of drug-likeness (QED) is 0.653. The van der Waals surface area contributed by atoms with Crippen molar-refractivity contribution < 1.29 is 4.79 Å². The molecule has 0 heterocycles. The van der Waals surface area contributed by atoms with Gasteiger partial charge in [-0.05, 0) is 37.2 Å². The van der Waals surface area contributed by atoms with E-state index in [0.29, 0.717) is 0 Å². The van der Waals surface area contributed by atoms with Gasteiger partial charge in [0.25, 0.3) is 0 Å². The second-order valence-electron chi connectivity index (χ2n) is 5.80. The topological polar surface area (TPSA) is 17.1 Å². The average Bonchev–Trinajstić information content (AvgIpc) is 2.29. The highest BCUT2D eigenvalue weighted by Gasteiger charge is 2.55. The van der Waals surface area contributed by atoms with Crippen molar-refractivity contribution in [1.82, 2.24) is 0 Å². The highest BCUT2D eigenvalue weighted by atomic mass is 16.1. The third-order valence-electron chi connectivity index (χ3n) is 5.21. The molecule has 1 nitrogen and oxygen atoms in total. The number of fused-ring (bicyclic) bond motifs is 1. The molecule has 1 saturated carbocycles. The Labute approximate surface area is 104 Å². The molecule has 0 aliphatic heterocycles. The standard InChI is InChI=1S/C16H22O/c1-5-9-16-11-8-14(17)13(3)15(16,4)10-6-7-12(16)2/h5,8,11,13H,1-2,6-7,9-10H2,3-4H3/t13-,15+,16+/m0/s1. The van der Waals surface area contributed by atoms with E-state index in [2.05, 4.69) is 33.1 Å². The second-order valence-corrected chi connectivity index (χ2v) is 5.80. The summed E-state index contributed by atoms with van der Waals surface area (Å²) in [4.78, 5) is 12.0. The monoisotopic (exact) mass is 230 g/mol. The molecular formula is C16H22O. The van der Waals surface area contributed by atoms with E-state index < -0.39 is 0 Å². The van der Waals surface area contributed by atoms with E-state index in [1.165, 1.54) is 5.57 Å². The van der Waals surface area contributed by atoms with Crippen LogP contribution in [0.4, 0.5) is 0 Å². The van der Waals surface area contributed by atoms with Crippen molar-refractivity contribution >= 4 is 5.78 Å². The van der Waals surface area contributed by atoms with Crippen LogP contribution >= 0.6 is 0 Å². The first-order chi connectivity index (χ1) is 7.98. The number of carbonyl (C=O) groups is 1. The minimum absolute atomic E-state index is 0.0162. The molecule has 0 bridgehead atoms. The Hall–Kier alpha value is -1.11. The van der Waals surface area contributed by atoms with Crippen molar-refractivity contribution in [2.75, 3.05) is 0 Å². The summed E-state index contributed by atoms with van der Waals surface area (Å²) < 4.78 is 0. The van der Waals surface area contributed by atoms with Gasteiger partial charge in [-0.25, -0.2) is 0 Å². The summed E-state index contributed by atoms with van der Waals surface area (Å²) in [5, 5.41) is 0. The van der Waals surface area contributed by atoms with E-state index in [0.717, 1.165) is 25.7 Å². The lowest BCUT2D eigenvalue weighted by atomic mass is 9.47. The summed E-state index contributed by atoms with van der Waals surface area (Å²) >= 11 is 0. The summed E-state index contributed by atoms with van der Waals surface area (Å²) in [6.45, 7) is 12.5. The maximum absolute atomic E-state index is 12.0. The Kier molecular flexibility index (Phi) is 2.89. The van der Waals surface area contributed by atoms with Crippen LogP contribution in [-0.2, 0) is 4.79 Å². The van der Waals surface area contributed by atoms with Crippen LogP contribution in [0.1, 0.15) is 39.5 Å². The molecule has 0 saturated heterocycles. The van der Waals surface area contributed by atoms with Crippen LogP contribution in [0.2, 0.25) is 0 Å². The summed E-state index contributed by atoms with van der Waals surface area (Å²) in [7, 11) is 0. The number of carbonyl (C=O) groups excluding carboxylic acids is 1. The fourth-order valence-corrected chi connectivity index (χ4v) is 3.79. The van der Waals surface area contributed by atoms with Gasteiger partial charge >= 0.3 is 0 Å². The predicted octanol–water partition coefficient (Wildman–Crippen LogP) is 4.07. The van der Waals surface area contributed by atoms with Gasteiger partial charge in [-0.15, -0.1) is 6.58 Å². The van der Waals surface area contributed by atoms with E-state index in [1.54, 1.807) is 6.08 Å². The molecule has 17 heavy (non-hydrogen) atoms. The van der Waals surface area contributed by atoms with E-state index in [4.69, 9.17) is 0 Å². The highest BCUT2D eigenvalue weighted by molar-refractivity contribution is 5.93. The molecule has 0 unspecified atom stereocenters. The van der Waals surface area contributed by atoms with Gasteiger partial charge in [0.15, 0.2) is 5.78 Å². The molecule has 1 heteroatoms. The van der Waals surface area contributed by atoms with Gasteiger partial charge in [0.1, 0.15) is 0 Å². The highest BCUT2D eigenvalue weighted by Crippen LogP contribution is 2.61. The van der Waals surface area contributed by atoms with Gasteiger partial charge < -0.3 is 0 Å². The average molecular weight is 230 g/mol. The van der Waals surface area contributed by atoms with Crippen LogP contribution in [-0.4, -0.2) is 5.78 Å². The Balaban J connectivity index is 2.58. The molecule has 0 aromatic heterocycles. The molecule has 92 valence electrons. The third kappa shape index (κ3) is 1.48. The van der Waals surface area contributed by atoms with E-state index in [-0.39, 0.29) is 22.5 Å². The normalized spacial score (nSPS) is 41.2. The van der Waals surface area contributed by atoms with Gasteiger partial charge in [0, 0.05) is 11.3 Å². The largest absolute Gasteiger partial charge is 0.295 e. The minimum Gasteiger partial charge on any atom is -0.295 e. The van der Waals surface area contributed by atoms with E-state index in [1.807, 2.05) is 6.08 Å². The number of rotatable bonds is 2. The molecule has 0 spiro atoms. The maximum Gasteiger partial charge on any atom is 0.158 e. The van der Waals surface area contributed by atoms with Gasteiger partial charge in [0.2, 0.25) is 0 Å². The van der Waals surface area contributed by atoms with Crippen LogP contribution in [0.15, 0.2) is 37.0 Å². The molecule has 0 aromatic carbocycles. The molecule has 0 N–H and O–H groups in total. The van der Waals surface area contributed by atoms with Crippen molar-refractivity contribution in [2.45, 2.75) is 39.5 Å². The van der Waals surface area contributed by atoms with Crippen molar-refractivity contribution in [3.8, 4) is 0 Å². The number of hydrogen-bond acceptors (Lipinski definition) is 1. The second kappa shape index (κ2) is 3.97. The smallest absolute Gasteiger partial charge is 0.158 e. The fourth-order valence-electron chi connectivity index (χ4n) is 3.79. The Morgan fingerprint density at radius 3 is 2.94 bits per heavy atom. The lowest BCUT2D eigenvalue weighted by Gasteiger charge is -2.56. The molecule has 0 radical (unpaired) electrons. The van der Waals surface area contributed by atoms with E-state index >= 15 is 0 Å². The molecule has 2 aliphatic rings. The van der Waals surface area contributed by atoms with Crippen LogP contribution < -0.4 is 0 Å². The third-order valence-corrected chi connectivity index (χ3v) is 5.21. The Bertz CT molecular complexity index is 404. The summed E-state index contributed by atoms with van der Waals surface area (Å²) in [6.07, 6.45) is 10.1. The van der Waals surface area contributed by atoms with Crippen molar-refractivity contribution in [1.29, 1.82) is 0 Å². The summed E-state index contributed by atoms with van der Waals surface area (Å²) in [6, 6.07) is 0. The molecule has 2 aliphatic carbocycles. The first kappa shape index (κ1) is 12.3. The lowest BCUT2D eigenvalue weighted by Crippen LogP contribution is -2.51. The predicted molar refractivity (Wildman–Crippen MR) is 71.7 cm³/mol. The zero-order valence-corrected chi connectivity index (χ0v) is 11.0. The van der Waals surface area contributed by atoms with Crippen LogP contribution in [0.3, 0.4) is 0 Å². The summed E-state index contributed by atoms with van der Waals surface area (Å²) in [5.74, 6) is 0.353. The van der Waals surface area contributed by atoms with Crippen LogP contribution in [0.5, 0.6) is 0 Å². The van der Waals surface area contributed by atoms with Gasteiger partial charge in [-0.3, -0.25) is 4.79 Å².